The number of rotatable bonds is 10. The smallest absolute Gasteiger partial charge is 0.243 e. The number of anilines is 1. The van der Waals surface area contributed by atoms with E-state index in [9.17, 15) is 13.2 Å². The summed E-state index contributed by atoms with van der Waals surface area (Å²) in [5.74, 6) is 0.521. The second kappa shape index (κ2) is 11.3. The van der Waals surface area contributed by atoms with Crippen molar-refractivity contribution in [3.8, 4) is 11.5 Å². The van der Waals surface area contributed by atoms with Gasteiger partial charge in [-0.25, -0.2) is 8.42 Å². The number of sulfonamides is 1. The topological polar surface area (TPSA) is 84.9 Å². The molecule has 0 spiro atoms. The minimum absolute atomic E-state index is 0.123. The number of benzene rings is 3. The summed E-state index contributed by atoms with van der Waals surface area (Å²) in [5.41, 5.74) is 1.45. The number of ether oxygens (including phenoxy) is 2. The van der Waals surface area contributed by atoms with Gasteiger partial charge in [-0.05, 0) is 48.4 Å². The van der Waals surface area contributed by atoms with Crippen molar-refractivity contribution in [3.05, 3.63) is 82.8 Å². The summed E-state index contributed by atoms with van der Waals surface area (Å²) >= 11 is 3.32. The summed E-state index contributed by atoms with van der Waals surface area (Å²) in [4.78, 5) is 12.9. The van der Waals surface area contributed by atoms with Crippen LogP contribution >= 0.6 is 15.9 Å². The SMILES string of the molecule is COc1ccc(NC(=O)CN(CCc2ccccc2)S(=O)(=O)c2ccc(Br)cc2)cc1OC. The van der Waals surface area contributed by atoms with Crippen molar-refractivity contribution >= 4 is 37.5 Å². The lowest BCUT2D eigenvalue weighted by Crippen LogP contribution is -2.39. The predicted molar refractivity (Wildman–Crippen MR) is 131 cm³/mol. The Morgan fingerprint density at radius 3 is 2.24 bits per heavy atom. The van der Waals surface area contributed by atoms with Gasteiger partial charge in [0.1, 0.15) is 0 Å². The van der Waals surface area contributed by atoms with Crippen LogP contribution in [0.25, 0.3) is 0 Å². The highest BCUT2D eigenvalue weighted by Gasteiger charge is 2.26. The Kier molecular flexibility index (Phi) is 8.49. The fraction of sp³-hybridized carbons (Fsp3) is 0.208. The van der Waals surface area contributed by atoms with E-state index in [1.54, 1.807) is 30.3 Å². The van der Waals surface area contributed by atoms with Gasteiger partial charge in [0.05, 0.1) is 25.7 Å². The van der Waals surface area contributed by atoms with Crippen molar-refractivity contribution in [2.24, 2.45) is 0 Å². The molecule has 0 aliphatic rings. The first-order valence-electron chi connectivity index (χ1n) is 10.1. The third-order valence-electron chi connectivity index (χ3n) is 4.93. The fourth-order valence-electron chi connectivity index (χ4n) is 3.21. The Morgan fingerprint density at radius 1 is 0.939 bits per heavy atom. The first-order chi connectivity index (χ1) is 15.8. The van der Waals surface area contributed by atoms with Gasteiger partial charge in [0, 0.05) is 22.8 Å². The third-order valence-corrected chi connectivity index (χ3v) is 7.32. The van der Waals surface area contributed by atoms with Crippen LogP contribution in [0.3, 0.4) is 0 Å². The number of hydrogen-bond donors (Lipinski definition) is 1. The molecule has 0 saturated carbocycles. The molecule has 0 bridgehead atoms. The number of amides is 1. The highest BCUT2D eigenvalue weighted by Crippen LogP contribution is 2.29. The number of hydrogen-bond acceptors (Lipinski definition) is 5. The molecule has 1 amide bonds. The second-order valence-corrected chi connectivity index (χ2v) is 10.00. The quantitative estimate of drug-likeness (QED) is 0.419. The molecule has 7 nitrogen and oxygen atoms in total. The molecular weight excluding hydrogens is 508 g/mol. The molecule has 0 atom stereocenters. The lowest BCUT2D eigenvalue weighted by molar-refractivity contribution is -0.116. The van der Waals surface area contributed by atoms with E-state index in [1.165, 1.54) is 30.7 Å². The van der Waals surface area contributed by atoms with Gasteiger partial charge in [0.2, 0.25) is 15.9 Å². The molecular formula is C24H25BrN2O5S. The van der Waals surface area contributed by atoms with E-state index in [1.807, 2.05) is 30.3 Å². The molecule has 0 aliphatic heterocycles. The van der Waals surface area contributed by atoms with Crippen LogP contribution in [-0.2, 0) is 21.2 Å². The molecule has 0 aliphatic carbocycles. The Morgan fingerprint density at radius 2 is 1.61 bits per heavy atom. The van der Waals surface area contributed by atoms with E-state index in [0.29, 0.717) is 23.6 Å². The number of nitrogens with one attached hydrogen (secondary N) is 1. The fourth-order valence-corrected chi connectivity index (χ4v) is 4.87. The van der Waals surface area contributed by atoms with E-state index >= 15 is 0 Å². The Balaban J connectivity index is 1.81. The summed E-state index contributed by atoms with van der Waals surface area (Å²) in [6, 6.07) is 20.8. The molecule has 0 unspecified atom stereocenters. The number of carbonyl (C=O) groups is 1. The predicted octanol–water partition coefficient (Wildman–Crippen LogP) is 4.34. The molecule has 0 fully saturated rings. The Labute approximate surface area is 202 Å². The average Bonchev–Trinajstić information content (AvgIpc) is 2.82. The summed E-state index contributed by atoms with van der Waals surface area (Å²) in [6.07, 6.45) is 0.472. The number of carbonyl (C=O) groups excluding carboxylic acids is 1. The minimum Gasteiger partial charge on any atom is -0.493 e. The molecule has 33 heavy (non-hydrogen) atoms. The molecule has 1 N–H and O–H groups in total. The molecule has 174 valence electrons. The standard InChI is InChI=1S/C24H25BrN2O5S/c1-31-22-13-10-20(16-23(22)32-2)26-24(28)17-27(15-14-18-6-4-3-5-7-18)33(29,30)21-11-8-19(25)9-12-21/h3-13,16H,14-15,17H2,1-2H3,(H,26,28). The van der Waals surface area contributed by atoms with Gasteiger partial charge < -0.3 is 14.8 Å². The first-order valence-corrected chi connectivity index (χ1v) is 12.4. The molecule has 0 heterocycles. The maximum Gasteiger partial charge on any atom is 0.243 e. The Hall–Kier alpha value is -2.88. The molecule has 3 aromatic carbocycles. The molecule has 0 radical (unpaired) electrons. The van der Waals surface area contributed by atoms with Crippen LogP contribution in [0.15, 0.2) is 82.2 Å². The van der Waals surface area contributed by atoms with E-state index in [4.69, 9.17) is 9.47 Å². The number of nitrogens with zero attached hydrogens (tertiary/aromatic N) is 1. The highest BCUT2D eigenvalue weighted by atomic mass is 79.9. The van der Waals surface area contributed by atoms with Crippen LogP contribution in [0, 0.1) is 0 Å². The zero-order valence-corrected chi connectivity index (χ0v) is 20.7. The first kappa shape index (κ1) is 24.8. The van der Waals surface area contributed by atoms with Crippen molar-refractivity contribution < 1.29 is 22.7 Å². The zero-order valence-electron chi connectivity index (χ0n) is 18.3. The van der Waals surface area contributed by atoms with Gasteiger partial charge in [0.25, 0.3) is 0 Å². The average molecular weight is 533 g/mol. The highest BCUT2D eigenvalue weighted by molar-refractivity contribution is 9.10. The lowest BCUT2D eigenvalue weighted by Gasteiger charge is -2.22. The van der Waals surface area contributed by atoms with Crippen LogP contribution in [0.4, 0.5) is 5.69 Å². The monoisotopic (exact) mass is 532 g/mol. The van der Waals surface area contributed by atoms with Gasteiger partial charge in [-0.1, -0.05) is 46.3 Å². The summed E-state index contributed by atoms with van der Waals surface area (Å²) in [5, 5.41) is 2.74. The van der Waals surface area contributed by atoms with Crippen molar-refractivity contribution in [3.63, 3.8) is 0 Å². The van der Waals surface area contributed by atoms with E-state index in [2.05, 4.69) is 21.2 Å². The largest absolute Gasteiger partial charge is 0.493 e. The van der Waals surface area contributed by atoms with Crippen molar-refractivity contribution in [2.75, 3.05) is 32.6 Å². The van der Waals surface area contributed by atoms with Gasteiger partial charge in [0.15, 0.2) is 11.5 Å². The van der Waals surface area contributed by atoms with Crippen molar-refractivity contribution in [2.45, 2.75) is 11.3 Å². The maximum absolute atomic E-state index is 13.3. The third kappa shape index (κ3) is 6.56. The van der Waals surface area contributed by atoms with E-state index in [-0.39, 0.29) is 18.0 Å². The van der Waals surface area contributed by atoms with Crippen LogP contribution < -0.4 is 14.8 Å². The molecule has 3 aromatic rings. The zero-order chi connectivity index (χ0) is 23.8. The van der Waals surface area contributed by atoms with Crippen molar-refractivity contribution in [1.29, 1.82) is 0 Å². The summed E-state index contributed by atoms with van der Waals surface area (Å²) in [6.45, 7) is -0.179. The second-order valence-electron chi connectivity index (χ2n) is 7.15. The van der Waals surface area contributed by atoms with Crippen LogP contribution in [-0.4, -0.2) is 45.9 Å². The maximum atomic E-state index is 13.3. The van der Waals surface area contributed by atoms with Gasteiger partial charge in [-0.2, -0.15) is 4.31 Å². The molecule has 3 rings (SSSR count). The lowest BCUT2D eigenvalue weighted by atomic mass is 10.1. The summed E-state index contributed by atoms with van der Waals surface area (Å²) < 4.78 is 39.1. The molecule has 0 saturated heterocycles. The normalized spacial score (nSPS) is 11.3. The van der Waals surface area contributed by atoms with Crippen LogP contribution in [0.1, 0.15) is 5.56 Å². The number of methoxy groups -OCH3 is 2. The molecule has 0 aromatic heterocycles. The van der Waals surface area contributed by atoms with E-state index in [0.717, 1.165) is 10.0 Å². The Bertz CT molecular complexity index is 1190. The van der Waals surface area contributed by atoms with Crippen LogP contribution in [0.5, 0.6) is 11.5 Å². The number of halogens is 1. The molecule has 9 heteroatoms. The minimum atomic E-state index is -3.89. The summed E-state index contributed by atoms with van der Waals surface area (Å²) in [7, 11) is -0.871. The van der Waals surface area contributed by atoms with Crippen LogP contribution in [0.2, 0.25) is 0 Å². The van der Waals surface area contributed by atoms with Gasteiger partial charge in [-0.15, -0.1) is 0 Å². The van der Waals surface area contributed by atoms with E-state index < -0.39 is 15.9 Å². The van der Waals surface area contributed by atoms with Gasteiger partial charge >= 0.3 is 0 Å². The van der Waals surface area contributed by atoms with Crippen molar-refractivity contribution in [1.82, 2.24) is 4.31 Å². The van der Waals surface area contributed by atoms with Gasteiger partial charge in [-0.3, -0.25) is 4.79 Å².